The molecule has 2 N–H and O–H groups in total. The van der Waals surface area contributed by atoms with Crippen LogP contribution in [0.3, 0.4) is 0 Å². The third-order valence-corrected chi connectivity index (χ3v) is 3.20. The number of carbonyl (C=O) groups is 2. The predicted octanol–water partition coefficient (Wildman–Crippen LogP) is 2.38. The van der Waals surface area contributed by atoms with Gasteiger partial charge < -0.3 is 20.1 Å². The molecule has 2 amide bonds. The average molecular weight is 322 g/mol. The van der Waals surface area contributed by atoms with Crippen molar-refractivity contribution in [1.29, 1.82) is 0 Å². The molecule has 0 bridgehead atoms. The summed E-state index contributed by atoms with van der Waals surface area (Å²) >= 11 is 0. The van der Waals surface area contributed by atoms with E-state index in [9.17, 15) is 9.59 Å². The lowest BCUT2D eigenvalue weighted by atomic mass is 10.1. The zero-order valence-electron chi connectivity index (χ0n) is 14.0. The van der Waals surface area contributed by atoms with Crippen molar-refractivity contribution in [3.8, 4) is 5.75 Å². The summed E-state index contributed by atoms with van der Waals surface area (Å²) in [6.07, 6.45) is 0.657. The van der Waals surface area contributed by atoms with Gasteiger partial charge in [0.25, 0.3) is 0 Å². The van der Waals surface area contributed by atoms with Crippen LogP contribution in [0.4, 0.5) is 4.79 Å². The zero-order valence-corrected chi connectivity index (χ0v) is 14.0. The van der Waals surface area contributed by atoms with E-state index < -0.39 is 5.97 Å². The molecule has 0 fully saturated rings. The number of ether oxygens (including phenoxy) is 1. The fourth-order valence-electron chi connectivity index (χ4n) is 1.83. The summed E-state index contributed by atoms with van der Waals surface area (Å²) in [5.74, 6) is 0.423. The van der Waals surface area contributed by atoms with Crippen molar-refractivity contribution in [3.05, 3.63) is 29.8 Å². The Morgan fingerprint density at radius 1 is 1.26 bits per heavy atom. The molecule has 0 aliphatic carbocycles. The first-order valence-corrected chi connectivity index (χ1v) is 7.81. The van der Waals surface area contributed by atoms with E-state index in [-0.39, 0.29) is 19.0 Å². The first-order valence-electron chi connectivity index (χ1n) is 7.81. The molecule has 0 aliphatic rings. The molecule has 0 heterocycles. The maximum absolute atomic E-state index is 11.8. The van der Waals surface area contributed by atoms with E-state index in [4.69, 9.17) is 9.84 Å². The van der Waals surface area contributed by atoms with E-state index in [0.29, 0.717) is 25.5 Å². The molecule has 0 atom stereocenters. The van der Waals surface area contributed by atoms with Gasteiger partial charge in [-0.05, 0) is 30.0 Å². The number of carboxylic acids is 1. The zero-order chi connectivity index (χ0) is 17.2. The molecule has 0 saturated heterocycles. The average Bonchev–Trinajstić information content (AvgIpc) is 2.51. The van der Waals surface area contributed by atoms with Crippen molar-refractivity contribution in [2.24, 2.45) is 5.92 Å². The van der Waals surface area contributed by atoms with Crippen molar-refractivity contribution < 1.29 is 19.4 Å². The van der Waals surface area contributed by atoms with E-state index >= 15 is 0 Å². The van der Waals surface area contributed by atoms with Crippen LogP contribution in [0.1, 0.15) is 25.8 Å². The number of aliphatic carboxylic acids is 1. The highest BCUT2D eigenvalue weighted by atomic mass is 16.5. The van der Waals surface area contributed by atoms with Crippen LogP contribution >= 0.6 is 0 Å². The summed E-state index contributed by atoms with van der Waals surface area (Å²) < 4.78 is 5.62. The Bertz CT molecular complexity index is 500. The summed E-state index contributed by atoms with van der Waals surface area (Å²) in [7, 11) is 1.58. The quantitative estimate of drug-likeness (QED) is 0.731. The number of hydrogen-bond donors (Lipinski definition) is 2. The minimum atomic E-state index is -0.913. The summed E-state index contributed by atoms with van der Waals surface area (Å²) in [5, 5.41) is 11.4. The minimum absolute atomic E-state index is 0.0538. The Morgan fingerprint density at radius 3 is 2.48 bits per heavy atom. The van der Waals surface area contributed by atoms with Crippen LogP contribution in [0.5, 0.6) is 5.75 Å². The molecule has 1 aromatic carbocycles. The molecule has 1 aromatic rings. The maximum Gasteiger partial charge on any atom is 0.317 e. The van der Waals surface area contributed by atoms with Gasteiger partial charge in [0.05, 0.1) is 13.0 Å². The highest BCUT2D eigenvalue weighted by Gasteiger charge is 2.09. The summed E-state index contributed by atoms with van der Waals surface area (Å²) in [6, 6.07) is 7.56. The lowest BCUT2D eigenvalue weighted by Crippen LogP contribution is -2.39. The first kappa shape index (κ1) is 18.8. The maximum atomic E-state index is 11.8. The molecule has 0 aromatic heterocycles. The number of nitrogens with one attached hydrogen (secondary N) is 1. The SMILES string of the molecule is CC(C)COc1ccc(CCNC(=O)N(C)CCC(=O)O)cc1. The van der Waals surface area contributed by atoms with E-state index in [1.54, 1.807) is 7.05 Å². The van der Waals surface area contributed by atoms with Gasteiger partial charge in [0.2, 0.25) is 0 Å². The number of benzene rings is 1. The smallest absolute Gasteiger partial charge is 0.317 e. The van der Waals surface area contributed by atoms with Crippen molar-refractivity contribution in [3.63, 3.8) is 0 Å². The molecule has 0 spiro atoms. The van der Waals surface area contributed by atoms with Crippen LogP contribution < -0.4 is 10.1 Å². The fourth-order valence-corrected chi connectivity index (χ4v) is 1.83. The Labute approximate surface area is 137 Å². The molecular formula is C17H26N2O4. The third kappa shape index (κ3) is 8.09. The Morgan fingerprint density at radius 2 is 1.91 bits per heavy atom. The molecule has 23 heavy (non-hydrogen) atoms. The molecule has 0 radical (unpaired) electrons. The summed E-state index contributed by atoms with van der Waals surface area (Å²) in [6.45, 7) is 5.60. The number of nitrogens with zero attached hydrogens (tertiary/aromatic N) is 1. The number of amides is 2. The molecule has 0 saturated carbocycles. The molecular weight excluding hydrogens is 296 g/mol. The van der Waals surface area contributed by atoms with E-state index in [1.165, 1.54) is 4.90 Å². The van der Waals surface area contributed by atoms with Gasteiger partial charge in [-0.25, -0.2) is 4.79 Å². The van der Waals surface area contributed by atoms with E-state index in [1.807, 2.05) is 24.3 Å². The number of carbonyl (C=O) groups excluding carboxylic acids is 1. The second-order valence-electron chi connectivity index (χ2n) is 5.90. The second-order valence-corrected chi connectivity index (χ2v) is 5.90. The third-order valence-electron chi connectivity index (χ3n) is 3.20. The number of carboxylic acid groups (broad SMARTS) is 1. The lowest BCUT2D eigenvalue weighted by Gasteiger charge is -2.16. The van der Waals surface area contributed by atoms with Crippen molar-refractivity contribution >= 4 is 12.0 Å². The standard InChI is InChI=1S/C17H26N2O4/c1-13(2)12-23-15-6-4-14(5-7-15)8-10-18-17(22)19(3)11-9-16(20)21/h4-7,13H,8-12H2,1-3H3,(H,18,22)(H,20,21). The van der Waals surface area contributed by atoms with Gasteiger partial charge in [-0.1, -0.05) is 26.0 Å². The van der Waals surface area contributed by atoms with Crippen LogP contribution in [0, 0.1) is 5.92 Å². The largest absolute Gasteiger partial charge is 0.493 e. The van der Waals surface area contributed by atoms with Crippen LogP contribution in [0.2, 0.25) is 0 Å². The number of hydrogen-bond acceptors (Lipinski definition) is 3. The number of urea groups is 1. The van der Waals surface area contributed by atoms with Crippen molar-refractivity contribution in [2.75, 3.05) is 26.7 Å². The van der Waals surface area contributed by atoms with E-state index in [2.05, 4.69) is 19.2 Å². The Balaban J connectivity index is 2.29. The molecule has 0 aliphatic heterocycles. The lowest BCUT2D eigenvalue weighted by molar-refractivity contribution is -0.137. The first-order chi connectivity index (χ1) is 10.9. The minimum Gasteiger partial charge on any atom is -0.493 e. The summed E-state index contributed by atoms with van der Waals surface area (Å²) in [4.78, 5) is 23.6. The van der Waals surface area contributed by atoms with Crippen molar-refractivity contribution in [1.82, 2.24) is 10.2 Å². The van der Waals surface area contributed by atoms with Crippen molar-refractivity contribution in [2.45, 2.75) is 26.7 Å². The monoisotopic (exact) mass is 322 g/mol. The summed E-state index contributed by atoms with van der Waals surface area (Å²) in [5.41, 5.74) is 1.11. The van der Waals surface area contributed by atoms with Gasteiger partial charge in [-0.15, -0.1) is 0 Å². The predicted molar refractivity (Wildman–Crippen MR) is 88.8 cm³/mol. The molecule has 0 unspecified atom stereocenters. The van der Waals surface area contributed by atoms with Gasteiger partial charge in [-0.3, -0.25) is 4.79 Å². The molecule has 128 valence electrons. The van der Waals surface area contributed by atoms with Crippen LogP contribution in [0.15, 0.2) is 24.3 Å². The Kier molecular flexibility index (Phi) is 7.94. The molecule has 1 rings (SSSR count). The molecule has 6 heteroatoms. The highest BCUT2D eigenvalue weighted by molar-refractivity contribution is 5.74. The Hall–Kier alpha value is -2.24. The van der Waals surface area contributed by atoms with E-state index in [0.717, 1.165) is 11.3 Å². The fraction of sp³-hybridized carbons (Fsp3) is 0.529. The van der Waals surface area contributed by atoms with Crippen LogP contribution in [0.25, 0.3) is 0 Å². The van der Waals surface area contributed by atoms with Gasteiger partial charge in [-0.2, -0.15) is 0 Å². The highest BCUT2D eigenvalue weighted by Crippen LogP contribution is 2.13. The number of rotatable bonds is 9. The van der Waals surface area contributed by atoms with Gasteiger partial charge >= 0.3 is 12.0 Å². The van der Waals surface area contributed by atoms with Gasteiger partial charge in [0.15, 0.2) is 0 Å². The van der Waals surface area contributed by atoms with Gasteiger partial charge in [0.1, 0.15) is 5.75 Å². The molecule has 6 nitrogen and oxygen atoms in total. The second kappa shape index (κ2) is 9.71. The normalized spacial score (nSPS) is 10.4. The van der Waals surface area contributed by atoms with Crippen LogP contribution in [-0.2, 0) is 11.2 Å². The van der Waals surface area contributed by atoms with Crippen LogP contribution in [-0.4, -0.2) is 48.8 Å². The van der Waals surface area contributed by atoms with Gasteiger partial charge in [0, 0.05) is 20.1 Å². The topological polar surface area (TPSA) is 78.9 Å².